The maximum Gasteiger partial charge on any atom is 0.315 e. The van der Waals surface area contributed by atoms with E-state index in [9.17, 15) is 8.42 Å². The number of anilines is 1. The van der Waals surface area contributed by atoms with Gasteiger partial charge in [0.2, 0.25) is 5.89 Å². The molecule has 1 N–H and O–H groups in total. The molecule has 1 fully saturated rings. The number of rotatable bonds is 7. The van der Waals surface area contributed by atoms with Gasteiger partial charge in [-0.05, 0) is 63.9 Å². The van der Waals surface area contributed by atoms with Crippen molar-refractivity contribution in [2.75, 3.05) is 5.32 Å². The van der Waals surface area contributed by atoms with E-state index in [1.54, 1.807) is 55.0 Å². The zero-order chi connectivity index (χ0) is 25.7. The van der Waals surface area contributed by atoms with Gasteiger partial charge in [0.15, 0.2) is 0 Å². The molecule has 1 saturated carbocycles. The van der Waals surface area contributed by atoms with Crippen molar-refractivity contribution >= 4 is 26.9 Å². The maximum absolute atomic E-state index is 13.7. The van der Waals surface area contributed by atoms with Crippen LogP contribution in [0.2, 0.25) is 0 Å². The quantitative estimate of drug-likeness (QED) is 0.307. The maximum atomic E-state index is 13.7. The Kier molecular flexibility index (Phi) is 5.56. The number of benzene rings is 2. The molecule has 2 aromatic carbocycles. The summed E-state index contributed by atoms with van der Waals surface area (Å²) in [7, 11) is -3.86. The van der Waals surface area contributed by atoms with Crippen LogP contribution in [0.15, 0.2) is 70.4 Å². The molecule has 37 heavy (non-hydrogen) atoms. The minimum absolute atomic E-state index is 0.140. The molecule has 5 aromatic rings. The van der Waals surface area contributed by atoms with Crippen molar-refractivity contribution < 1.29 is 12.8 Å². The van der Waals surface area contributed by atoms with Crippen LogP contribution in [0.25, 0.3) is 33.6 Å². The van der Waals surface area contributed by atoms with E-state index in [-0.39, 0.29) is 10.9 Å². The Morgan fingerprint density at radius 2 is 1.84 bits per heavy atom. The van der Waals surface area contributed by atoms with Gasteiger partial charge in [0.05, 0.1) is 28.0 Å². The van der Waals surface area contributed by atoms with Crippen molar-refractivity contribution in [1.29, 1.82) is 0 Å². The van der Waals surface area contributed by atoms with Crippen molar-refractivity contribution in [2.45, 2.75) is 50.5 Å². The van der Waals surface area contributed by atoms with Crippen LogP contribution in [0.5, 0.6) is 0 Å². The molecule has 0 saturated heterocycles. The lowest BCUT2D eigenvalue weighted by atomic mass is 10.1. The smallest absolute Gasteiger partial charge is 0.315 e. The van der Waals surface area contributed by atoms with E-state index in [1.807, 2.05) is 26.8 Å². The fraction of sp³-hybridized carbons (Fsp3) is 0.259. The van der Waals surface area contributed by atoms with Gasteiger partial charge in [-0.25, -0.2) is 17.4 Å². The third-order valence-corrected chi connectivity index (χ3v) is 8.05. The largest absolute Gasteiger partial charge is 0.403 e. The minimum Gasteiger partial charge on any atom is -0.403 e. The summed E-state index contributed by atoms with van der Waals surface area (Å²) < 4.78 is 34.6. The molecule has 1 aliphatic rings. The van der Waals surface area contributed by atoms with Crippen molar-refractivity contribution in [2.24, 2.45) is 0 Å². The number of hydrogen-bond acceptors (Lipinski definition) is 8. The second kappa shape index (κ2) is 8.81. The molecule has 0 amide bonds. The summed E-state index contributed by atoms with van der Waals surface area (Å²) in [6.07, 6.45) is 7.28. The van der Waals surface area contributed by atoms with Crippen molar-refractivity contribution in [1.82, 2.24) is 24.1 Å². The molecule has 3 aromatic heterocycles. The van der Waals surface area contributed by atoms with Crippen LogP contribution in [0.3, 0.4) is 0 Å². The van der Waals surface area contributed by atoms with E-state index in [2.05, 4.69) is 20.5 Å². The summed E-state index contributed by atoms with van der Waals surface area (Å²) in [6, 6.07) is 12.7. The van der Waals surface area contributed by atoms with E-state index in [4.69, 9.17) is 9.40 Å². The number of nitrogens with one attached hydrogen (secondary N) is 1. The Hall–Kier alpha value is -4.05. The standard InChI is InChI=1S/C27H26N6O3S/c1-16(2)29-27-32-31-26(36-27)19-8-11-25-21(12-19)22(24-14-28-13-23(30-24)18-6-7-18)15-33(25)37(34,35)20-9-4-17(3)5-10-20/h4-5,8-16,18H,6-7H2,1-3H3,(H,29,32). The number of aryl methyl sites for hydroxylation is 1. The van der Waals surface area contributed by atoms with Crippen LogP contribution in [0.1, 0.15) is 43.9 Å². The third kappa shape index (κ3) is 4.37. The lowest BCUT2D eigenvalue weighted by Gasteiger charge is -2.08. The molecule has 0 radical (unpaired) electrons. The minimum atomic E-state index is -3.86. The second-order valence-electron chi connectivity index (χ2n) is 9.70. The van der Waals surface area contributed by atoms with Gasteiger partial charge in [0.1, 0.15) is 0 Å². The molecule has 10 heteroatoms. The molecule has 0 spiro atoms. The van der Waals surface area contributed by atoms with E-state index in [1.165, 1.54) is 3.97 Å². The first-order chi connectivity index (χ1) is 17.8. The van der Waals surface area contributed by atoms with Gasteiger partial charge >= 0.3 is 6.01 Å². The Labute approximate surface area is 214 Å². The fourth-order valence-corrected chi connectivity index (χ4v) is 5.66. The zero-order valence-electron chi connectivity index (χ0n) is 20.7. The van der Waals surface area contributed by atoms with Crippen LogP contribution in [-0.2, 0) is 10.0 Å². The molecule has 0 aliphatic heterocycles. The molecule has 9 nitrogen and oxygen atoms in total. The molecule has 188 valence electrons. The summed E-state index contributed by atoms with van der Waals surface area (Å²) in [5, 5.41) is 12.0. The Morgan fingerprint density at radius 1 is 1.05 bits per heavy atom. The van der Waals surface area contributed by atoms with E-state index in [0.29, 0.717) is 45.5 Å². The van der Waals surface area contributed by atoms with Crippen molar-refractivity contribution in [3.8, 4) is 22.7 Å². The first kappa shape index (κ1) is 23.4. The van der Waals surface area contributed by atoms with E-state index < -0.39 is 10.0 Å². The normalized spacial score (nSPS) is 13.9. The van der Waals surface area contributed by atoms with Crippen LogP contribution in [0, 0.1) is 6.92 Å². The third-order valence-electron chi connectivity index (χ3n) is 6.36. The number of nitrogens with zero attached hydrogens (tertiary/aromatic N) is 5. The highest BCUT2D eigenvalue weighted by atomic mass is 32.2. The summed E-state index contributed by atoms with van der Waals surface area (Å²) in [4.78, 5) is 9.46. The lowest BCUT2D eigenvalue weighted by Crippen LogP contribution is -2.11. The first-order valence-corrected chi connectivity index (χ1v) is 13.6. The summed E-state index contributed by atoms with van der Waals surface area (Å²) in [6.45, 7) is 5.89. The van der Waals surface area contributed by atoms with E-state index >= 15 is 0 Å². The average Bonchev–Trinajstić information content (AvgIpc) is 3.51. The molecule has 6 rings (SSSR count). The number of hydrogen-bond donors (Lipinski definition) is 1. The predicted octanol–water partition coefficient (Wildman–Crippen LogP) is 5.39. The van der Waals surface area contributed by atoms with Gasteiger partial charge in [-0.15, -0.1) is 5.10 Å². The molecule has 0 bridgehead atoms. The van der Waals surface area contributed by atoms with Gasteiger partial charge in [-0.2, -0.15) is 0 Å². The lowest BCUT2D eigenvalue weighted by molar-refractivity contribution is 0.574. The summed E-state index contributed by atoms with van der Waals surface area (Å²) in [5.41, 5.74) is 4.41. The fourth-order valence-electron chi connectivity index (χ4n) is 4.29. The highest BCUT2D eigenvalue weighted by molar-refractivity contribution is 7.90. The Balaban J connectivity index is 1.53. The SMILES string of the molecule is Cc1ccc(S(=O)(=O)n2cc(-c3cncc(C4CC4)n3)c3cc(-c4nnc(NC(C)C)o4)ccc32)cc1. The average molecular weight is 515 g/mol. The van der Waals surface area contributed by atoms with Crippen molar-refractivity contribution in [3.05, 3.63) is 72.3 Å². The second-order valence-corrected chi connectivity index (χ2v) is 11.5. The van der Waals surface area contributed by atoms with Gasteiger partial charge in [0, 0.05) is 40.9 Å². The van der Waals surface area contributed by atoms with Crippen LogP contribution in [-0.4, -0.2) is 38.6 Å². The molecule has 0 unspecified atom stereocenters. The monoisotopic (exact) mass is 514 g/mol. The zero-order valence-corrected chi connectivity index (χ0v) is 21.5. The van der Waals surface area contributed by atoms with Crippen LogP contribution < -0.4 is 5.32 Å². The Morgan fingerprint density at radius 3 is 2.57 bits per heavy atom. The predicted molar refractivity (Wildman–Crippen MR) is 141 cm³/mol. The van der Waals surface area contributed by atoms with Crippen LogP contribution in [0.4, 0.5) is 6.01 Å². The first-order valence-electron chi connectivity index (χ1n) is 12.2. The van der Waals surface area contributed by atoms with Crippen LogP contribution >= 0.6 is 0 Å². The topological polar surface area (TPSA) is 116 Å². The van der Waals surface area contributed by atoms with Gasteiger partial charge in [0.25, 0.3) is 10.0 Å². The molecule has 3 heterocycles. The molecular formula is C27H26N6O3S. The van der Waals surface area contributed by atoms with Gasteiger partial charge in [-0.1, -0.05) is 22.8 Å². The number of fused-ring (bicyclic) bond motifs is 1. The summed E-state index contributed by atoms with van der Waals surface area (Å²) in [5.74, 6) is 0.751. The molecule has 1 aliphatic carbocycles. The molecular weight excluding hydrogens is 488 g/mol. The van der Waals surface area contributed by atoms with Crippen molar-refractivity contribution in [3.63, 3.8) is 0 Å². The highest BCUT2D eigenvalue weighted by Gasteiger charge is 2.27. The highest BCUT2D eigenvalue weighted by Crippen LogP contribution is 2.40. The molecule has 0 atom stereocenters. The Bertz CT molecular complexity index is 1720. The van der Waals surface area contributed by atoms with Gasteiger partial charge < -0.3 is 9.73 Å². The van der Waals surface area contributed by atoms with Gasteiger partial charge in [-0.3, -0.25) is 4.98 Å². The summed E-state index contributed by atoms with van der Waals surface area (Å²) >= 11 is 0. The number of aromatic nitrogens is 5. The van der Waals surface area contributed by atoms with E-state index in [0.717, 1.165) is 24.1 Å².